The van der Waals surface area contributed by atoms with Crippen LogP contribution in [0.1, 0.15) is 18.9 Å². The molecule has 4 heteroatoms. The molecule has 0 spiro atoms. The van der Waals surface area contributed by atoms with E-state index in [4.69, 9.17) is 0 Å². The van der Waals surface area contributed by atoms with Gasteiger partial charge in [-0.3, -0.25) is 9.59 Å². The van der Waals surface area contributed by atoms with E-state index in [1.807, 2.05) is 37.3 Å². The predicted molar refractivity (Wildman–Crippen MR) is 75.6 cm³/mol. The lowest BCUT2D eigenvalue weighted by Gasteiger charge is -2.13. The molecule has 1 aromatic carbocycles. The minimum absolute atomic E-state index is 0.0396. The molecule has 2 amide bonds. The fourth-order valence-corrected chi connectivity index (χ4v) is 1.63. The van der Waals surface area contributed by atoms with E-state index in [2.05, 4.69) is 17.2 Å². The van der Waals surface area contributed by atoms with Crippen LogP contribution in [0.15, 0.2) is 43.0 Å². The van der Waals surface area contributed by atoms with Crippen LogP contribution >= 0.6 is 0 Å². The molecule has 0 aromatic heterocycles. The van der Waals surface area contributed by atoms with Crippen LogP contribution in [0.3, 0.4) is 0 Å². The number of carbonyl (C=O) groups is 2. The van der Waals surface area contributed by atoms with Gasteiger partial charge in [0, 0.05) is 12.6 Å². The summed E-state index contributed by atoms with van der Waals surface area (Å²) >= 11 is 0. The molecule has 1 aromatic rings. The van der Waals surface area contributed by atoms with E-state index in [1.165, 1.54) is 11.6 Å². The van der Waals surface area contributed by atoms with Crippen molar-refractivity contribution in [3.63, 3.8) is 0 Å². The number of carbonyl (C=O) groups excluding carboxylic acids is 2. The minimum atomic E-state index is -0.619. The normalized spacial score (nSPS) is 11.4. The van der Waals surface area contributed by atoms with Crippen molar-refractivity contribution < 1.29 is 9.59 Å². The van der Waals surface area contributed by atoms with Gasteiger partial charge in [-0.2, -0.15) is 0 Å². The molecule has 19 heavy (non-hydrogen) atoms. The van der Waals surface area contributed by atoms with Gasteiger partial charge in [0.05, 0.1) is 0 Å². The van der Waals surface area contributed by atoms with Gasteiger partial charge in [0.25, 0.3) is 0 Å². The lowest BCUT2D eigenvalue weighted by molar-refractivity contribution is -0.139. The molecule has 0 aliphatic carbocycles. The maximum absolute atomic E-state index is 11.5. The van der Waals surface area contributed by atoms with Crippen LogP contribution < -0.4 is 10.6 Å². The Labute approximate surface area is 113 Å². The smallest absolute Gasteiger partial charge is 0.309 e. The van der Waals surface area contributed by atoms with Gasteiger partial charge in [0.1, 0.15) is 0 Å². The Morgan fingerprint density at radius 2 is 1.95 bits per heavy atom. The molecular weight excluding hydrogens is 240 g/mol. The van der Waals surface area contributed by atoms with Gasteiger partial charge in [-0.25, -0.2) is 0 Å². The Balaban J connectivity index is 2.30. The molecule has 2 N–H and O–H groups in total. The first kappa shape index (κ1) is 15.0. The largest absolute Gasteiger partial charge is 0.345 e. The maximum Gasteiger partial charge on any atom is 0.309 e. The average Bonchev–Trinajstić information content (AvgIpc) is 2.43. The van der Waals surface area contributed by atoms with E-state index in [9.17, 15) is 9.59 Å². The van der Waals surface area contributed by atoms with Crippen molar-refractivity contribution in [1.82, 2.24) is 10.6 Å². The fourth-order valence-electron chi connectivity index (χ4n) is 1.63. The van der Waals surface area contributed by atoms with Crippen molar-refractivity contribution in [1.29, 1.82) is 0 Å². The number of amides is 2. The number of hydrogen-bond acceptors (Lipinski definition) is 2. The minimum Gasteiger partial charge on any atom is -0.345 e. The zero-order chi connectivity index (χ0) is 14.1. The molecule has 1 unspecified atom stereocenters. The third-order valence-electron chi connectivity index (χ3n) is 2.70. The molecule has 0 radical (unpaired) electrons. The van der Waals surface area contributed by atoms with Gasteiger partial charge in [0.2, 0.25) is 0 Å². The summed E-state index contributed by atoms with van der Waals surface area (Å²) in [4.78, 5) is 22.9. The van der Waals surface area contributed by atoms with Crippen LogP contribution in [-0.4, -0.2) is 24.4 Å². The quantitative estimate of drug-likeness (QED) is 0.600. The van der Waals surface area contributed by atoms with E-state index in [0.29, 0.717) is 6.54 Å². The first-order chi connectivity index (χ1) is 9.13. The molecule has 0 saturated heterocycles. The van der Waals surface area contributed by atoms with Crippen molar-refractivity contribution in [3.05, 3.63) is 48.6 Å². The number of rotatable bonds is 6. The second kappa shape index (κ2) is 8.08. The van der Waals surface area contributed by atoms with Crippen molar-refractivity contribution in [2.75, 3.05) is 6.54 Å². The highest BCUT2D eigenvalue weighted by molar-refractivity contribution is 6.35. The Morgan fingerprint density at radius 3 is 2.58 bits per heavy atom. The van der Waals surface area contributed by atoms with E-state index < -0.39 is 11.8 Å². The summed E-state index contributed by atoms with van der Waals surface area (Å²) in [6, 6.07) is 10.00. The first-order valence-corrected chi connectivity index (χ1v) is 6.37. The van der Waals surface area contributed by atoms with Crippen molar-refractivity contribution >= 4 is 11.8 Å². The summed E-state index contributed by atoms with van der Waals surface area (Å²) in [6.45, 7) is 5.66. The first-order valence-electron chi connectivity index (χ1n) is 6.37. The molecule has 1 rings (SSSR count). The van der Waals surface area contributed by atoms with Crippen molar-refractivity contribution in [2.24, 2.45) is 0 Å². The van der Waals surface area contributed by atoms with Crippen LogP contribution in [0.25, 0.3) is 0 Å². The lowest BCUT2D eigenvalue weighted by atomic mass is 10.1. The second-order valence-corrected chi connectivity index (χ2v) is 4.40. The zero-order valence-electron chi connectivity index (χ0n) is 11.2. The Morgan fingerprint density at radius 1 is 1.26 bits per heavy atom. The van der Waals surface area contributed by atoms with Gasteiger partial charge >= 0.3 is 11.8 Å². The highest BCUT2D eigenvalue weighted by Gasteiger charge is 2.14. The summed E-state index contributed by atoms with van der Waals surface area (Å²) in [7, 11) is 0. The summed E-state index contributed by atoms with van der Waals surface area (Å²) in [5, 5.41) is 5.12. The third kappa shape index (κ3) is 5.86. The summed E-state index contributed by atoms with van der Waals surface area (Å²) in [5.41, 5.74) is 1.22. The van der Waals surface area contributed by atoms with Crippen LogP contribution in [0, 0.1) is 0 Å². The summed E-state index contributed by atoms with van der Waals surface area (Å²) in [6.07, 6.45) is 3.20. The third-order valence-corrected chi connectivity index (χ3v) is 2.70. The molecule has 0 aliphatic heterocycles. The summed E-state index contributed by atoms with van der Waals surface area (Å²) in [5.74, 6) is -1.21. The van der Waals surface area contributed by atoms with Gasteiger partial charge in [-0.05, 0) is 25.3 Å². The molecule has 0 fully saturated rings. The molecule has 4 nitrogen and oxygen atoms in total. The standard InChI is InChI=1S/C15H20N2O2/c1-3-11-16-14(18)15(19)17-12(2)9-10-13-7-5-4-6-8-13/h3-8,12H,1,9-11H2,2H3,(H,16,18)(H,17,19). The maximum atomic E-state index is 11.5. The van der Waals surface area contributed by atoms with Gasteiger partial charge in [-0.1, -0.05) is 36.4 Å². The fraction of sp³-hybridized carbons (Fsp3) is 0.333. The lowest BCUT2D eigenvalue weighted by Crippen LogP contribution is -2.43. The number of benzene rings is 1. The predicted octanol–water partition coefficient (Wildman–Crippen LogP) is 1.43. The SMILES string of the molecule is C=CCNC(=O)C(=O)NC(C)CCc1ccccc1. The molecule has 0 bridgehead atoms. The number of hydrogen-bond donors (Lipinski definition) is 2. The van der Waals surface area contributed by atoms with Gasteiger partial charge in [0.15, 0.2) is 0 Å². The molecule has 1 atom stereocenters. The average molecular weight is 260 g/mol. The topological polar surface area (TPSA) is 58.2 Å². The summed E-state index contributed by atoms with van der Waals surface area (Å²) < 4.78 is 0. The molecule has 102 valence electrons. The van der Waals surface area contributed by atoms with Crippen molar-refractivity contribution in [2.45, 2.75) is 25.8 Å². The molecule has 0 aliphatic rings. The molecule has 0 heterocycles. The van der Waals surface area contributed by atoms with Crippen LogP contribution in [-0.2, 0) is 16.0 Å². The van der Waals surface area contributed by atoms with E-state index >= 15 is 0 Å². The van der Waals surface area contributed by atoms with Crippen LogP contribution in [0.5, 0.6) is 0 Å². The molecular formula is C15H20N2O2. The highest BCUT2D eigenvalue weighted by atomic mass is 16.2. The number of aryl methyl sites for hydroxylation is 1. The van der Waals surface area contributed by atoms with E-state index in [-0.39, 0.29) is 6.04 Å². The molecule has 0 saturated carbocycles. The Hall–Kier alpha value is -2.10. The highest BCUT2D eigenvalue weighted by Crippen LogP contribution is 2.04. The van der Waals surface area contributed by atoms with Crippen molar-refractivity contribution in [3.8, 4) is 0 Å². The Bertz CT molecular complexity index is 429. The van der Waals surface area contributed by atoms with Crippen LogP contribution in [0.2, 0.25) is 0 Å². The van der Waals surface area contributed by atoms with Gasteiger partial charge in [-0.15, -0.1) is 6.58 Å². The Kier molecular flexibility index (Phi) is 6.36. The van der Waals surface area contributed by atoms with Crippen LogP contribution in [0.4, 0.5) is 0 Å². The second-order valence-electron chi connectivity index (χ2n) is 4.40. The monoisotopic (exact) mass is 260 g/mol. The van der Waals surface area contributed by atoms with E-state index in [0.717, 1.165) is 12.8 Å². The van der Waals surface area contributed by atoms with Gasteiger partial charge < -0.3 is 10.6 Å². The number of nitrogens with one attached hydrogen (secondary N) is 2. The van der Waals surface area contributed by atoms with E-state index in [1.54, 1.807) is 0 Å². The zero-order valence-corrected chi connectivity index (χ0v) is 11.2.